The minimum atomic E-state index is -0.366. The van der Waals surface area contributed by atoms with Crippen LogP contribution in [0.4, 0.5) is 0 Å². The maximum absolute atomic E-state index is 9.90. The van der Waals surface area contributed by atoms with Crippen molar-refractivity contribution in [2.45, 2.75) is 94.3 Å². The third-order valence-electron chi connectivity index (χ3n) is 2.41. The monoisotopic (exact) mass is 381 g/mol. The van der Waals surface area contributed by atoms with Crippen molar-refractivity contribution in [2.24, 2.45) is 5.73 Å². The van der Waals surface area contributed by atoms with E-state index in [1.165, 1.54) is 21.7 Å². The summed E-state index contributed by atoms with van der Waals surface area (Å²) >= 11 is 0.0892. The fourth-order valence-electron chi connectivity index (χ4n) is 0.726. The fourth-order valence-corrected chi connectivity index (χ4v) is 3.03. The number of hydrogen-bond acceptors (Lipinski definition) is 3. The summed E-state index contributed by atoms with van der Waals surface area (Å²) < 4.78 is 3.02. The summed E-state index contributed by atoms with van der Waals surface area (Å²) in [5.74, 6) is 0. The molecule has 0 amide bonds. The van der Waals surface area contributed by atoms with Crippen molar-refractivity contribution in [1.82, 2.24) is 0 Å². The summed E-state index contributed by atoms with van der Waals surface area (Å²) in [7, 11) is 0. The molecule has 2 N–H and O–H groups in total. The Labute approximate surface area is 131 Å². The SMILES string of the molecule is CCC(C)[O-].CCC(C)[O-].C[CH2][Sn+2][CH2]CCC(C)N. The summed E-state index contributed by atoms with van der Waals surface area (Å²) in [5, 5.41) is 19.8. The van der Waals surface area contributed by atoms with Crippen LogP contribution >= 0.6 is 0 Å². The first kappa shape index (κ1) is 24.7. The molecular formula is C15H35NO2Sn. The van der Waals surface area contributed by atoms with E-state index in [4.69, 9.17) is 5.73 Å². The molecule has 0 heterocycles. The molecule has 3 nitrogen and oxygen atoms in total. The molecular weight excluding hydrogens is 345 g/mol. The van der Waals surface area contributed by atoms with E-state index in [0.717, 1.165) is 12.8 Å². The van der Waals surface area contributed by atoms with Gasteiger partial charge in [-0.05, 0) is 0 Å². The van der Waals surface area contributed by atoms with E-state index in [-0.39, 0.29) is 33.4 Å². The third kappa shape index (κ3) is 45.6. The van der Waals surface area contributed by atoms with Crippen LogP contribution in [0.1, 0.15) is 67.2 Å². The molecule has 0 aliphatic carbocycles. The van der Waals surface area contributed by atoms with Crippen LogP contribution in [0.15, 0.2) is 0 Å². The Morgan fingerprint density at radius 3 is 1.53 bits per heavy atom. The molecule has 0 aliphatic heterocycles. The molecule has 19 heavy (non-hydrogen) atoms. The van der Waals surface area contributed by atoms with Crippen LogP contribution in [0.25, 0.3) is 0 Å². The van der Waals surface area contributed by atoms with Gasteiger partial charge in [-0.15, -0.1) is 12.2 Å². The van der Waals surface area contributed by atoms with Crippen molar-refractivity contribution in [3.63, 3.8) is 0 Å². The molecule has 0 aromatic heterocycles. The molecule has 3 atom stereocenters. The molecule has 116 valence electrons. The Morgan fingerprint density at radius 2 is 1.32 bits per heavy atom. The third-order valence-corrected chi connectivity index (χ3v) is 5.86. The normalized spacial score (nSPS) is 13.9. The van der Waals surface area contributed by atoms with E-state index >= 15 is 0 Å². The van der Waals surface area contributed by atoms with Crippen LogP contribution in [0, 0.1) is 0 Å². The molecule has 0 aromatic rings. The molecule has 4 heteroatoms. The standard InChI is InChI=1S/C5H12N.2C4H9O.C2H5.Sn/c1-3-4-5(2)6;2*1-3-4(2)5;1-2;/h5H,1,3-4,6H2,2H3;2*4H,3H2,1-2H3;1H2,2H3;/q;2*-1;;+2. The fraction of sp³-hybridized carbons (Fsp3) is 1.00. The van der Waals surface area contributed by atoms with Gasteiger partial charge in [-0.2, -0.15) is 0 Å². The van der Waals surface area contributed by atoms with Gasteiger partial charge in [0.05, 0.1) is 0 Å². The van der Waals surface area contributed by atoms with Crippen LogP contribution in [0.3, 0.4) is 0 Å². The zero-order chi connectivity index (χ0) is 15.7. The van der Waals surface area contributed by atoms with Gasteiger partial charge in [-0.3, -0.25) is 0 Å². The molecule has 0 fully saturated rings. The van der Waals surface area contributed by atoms with Gasteiger partial charge in [0.2, 0.25) is 0 Å². The average Bonchev–Trinajstić information content (AvgIpc) is 2.35. The van der Waals surface area contributed by atoms with E-state index in [0.29, 0.717) is 6.04 Å². The number of rotatable bonds is 7. The van der Waals surface area contributed by atoms with Gasteiger partial charge in [0.25, 0.3) is 0 Å². The summed E-state index contributed by atoms with van der Waals surface area (Å²) in [6.07, 6.45) is 3.39. The summed E-state index contributed by atoms with van der Waals surface area (Å²) in [6, 6.07) is 0.432. The molecule has 0 saturated carbocycles. The molecule has 0 bridgehead atoms. The van der Waals surface area contributed by atoms with Gasteiger partial charge in [-0.25, -0.2) is 0 Å². The second kappa shape index (κ2) is 21.0. The maximum atomic E-state index is 9.90. The zero-order valence-corrected chi connectivity index (χ0v) is 16.7. The van der Waals surface area contributed by atoms with E-state index < -0.39 is 0 Å². The predicted molar refractivity (Wildman–Crippen MR) is 83.4 cm³/mol. The van der Waals surface area contributed by atoms with E-state index in [9.17, 15) is 10.2 Å². The summed E-state index contributed by atoms with van der Waals surface area (Å²) in [5.41, 5.74) is 5.59. The first-order valence-electron chi connectivity index (χ1n) is 7.59. The van der Waals surface area contributed by atoms with Crippen molar-refractivity contribution in [3.8, 4) is 0 Å². The quantitative estimate of drug-likeness (QED) is 0.542. The molecule has 0 spiro atoms. The zero-order valence-electron chi connectivity index (χ0n) is 13.9. The Hall–Kier alpha value is 0.679. The summed E-state index contributed by atoms with van der Waals surface area (Å²) in [4.78, 5) is 0. The second-order valence-corrected chi connectivity index (χ2v) is 9.78. The van der Waals surface area contributed by atoms with Crippen LogP contribution in [0.5, 0.6) is 0 Å². The topological polar surface area (TPSA) is 72.1 Å². The first-order valence-corrected chi connectivity index (χ1v) is 11.6. The van der Waals surface area contributed by atoms with E-state index in [2.05, 4.69) is 13.8 Å². The first-order chi connectivity index (χ1) is 8.81. The molecule has 3 unspecified atom stereocenters. The molecule has 0 radical (unpaired) electrons. The molecule has 0 saturated heterocycles. The minimum absolute atomic E-state index is 0.0892. The van der Waals surface area contributed by atoms with Gasteiger partial charge < -0.3 is 10.2 Å². The van der Waals surface area contributed by atoms with Gasteiger partial charge in [0, 0.05) is 0 Å². The average molecular weight is 380 g/mol. The van der Waals surface area contributed by atoms with Crippen molar-refractivity contribution in [3.05, 3.63) is 0 Å². The number of hydrogen-bond donors (Lipinski definition) is 1. The predicted octanol–water partition coefficient (Wildman–Crippen LogP) is 1.96. The Kier molecular flexibility index (Phi) is 27.3. The summed E-state index contributed by atoms with van der Waals surface area (Å²) in [6.45, 7) is 11.5. The second-order valence-electron chi connectivity index (χ2n) is 4.91. The van der Waals surface area contributed by atoms with Gasteiger partial charge in [0.15, 0.2) is 0 Å². The molecule has 0 aromatic carbocycles. The van der Waals surface area contributed by atoms with Crippen molar-refractivity contribution < 1.29 is 10.2 Å². The van der Waals surface area contributed by atoms with Crippen molar-refractivity contribution in [2.75, 3.05) is 0 Å². The Balaban J connectivity index is -0.000000219. The van der Waals surface area contributed by atoms with Crippen LogP contribution < -0.4 is 15.9 Å². The van der Waals surface area contributed by atoms with Crippen LogP contribution in [-0.2, 0) is 0 Å². The molecule has 0 aliphatic rings. The van der Waals surface area contributed by atoms with E-state index in [1.54, 1.807) is 13.8 Å². The van der Waals surface area contributed by atoms with Gasteiger partial charge in [0.1, 0.15) is 0 Å². The molecule has 0 rings (SSSR count). The van der Waals surface area contributed by atoms with Gasteiger partial charge >= 0.3 is 68.5 Å². The van der Waals surface area contributed by atoms with E-state index in [1.807, 2.05) is 13.8 Å². The number of nitrogens with two attached hydrogens (primary N) is 1. The van der Waals surface area contributed by atoms with Crippen molar-refractivity contribution in [1.29, 1.82) is 0 Å². The van der Waals surface area contributed by atoms with Gasteiger partial charge in [-0.1, -0.05) is 40.5 Å². The van der Waals surface area contributed by atoms with Crippen LogP contribution in [0.2, 0.25) is 8.87 Å². The van der Waals surface area contributed by atoms with Crippen molar-refractivity contribution >= 4 is 21.1 Å². The Bertz CT molecular complexity index is 134. The Morgan fingerprint density at radius 1 is 0.947 bits per heavy atom. The van der Waals surface area contributed by atoms with Crippen LogP contribution in [-0.4, -0.2) is 39.4 Å².